The minimum absolute atomic E-state index is 0.0451. The van der Waals surface area contributed by atoms with E-state index in [1.54, 1.807) is 12.3 Å². The van der Waals surface area contributed by atoms with Crippen molar-refractivity contribution in [3.05, 3.63) is 34.4 Å². The average molecular weight is 292 g/mol. The zero-order valence-electron chi connectivity index (χ0n) is 11.9. The molecule has 3 rings (SSSR count). The molecule has 2 heterocycles. The zero-order valence-corrected chi connectivity index (χ0v) is 12.7. The Hall–Kier alpha value is -1.27. The van der Waals surface area contributed by atoms with E-state index in [2.05, 4.69) is 28.3 Å². The van der Waals surface area contributed by atoms with Crippen molar-refractivity contribution in [3.63, 3.8) is 0 Å². The summed E-state index contributed by atoms with van der Waals surface area (Å²) in [6.07, 6.45) is 7.76. The van der Waals surface area contributed by atoms with Crippen molar-refractivity contribution in [1.82, 2.24) is 19.5 Å². The predicted molar refractivity (Wildman–Crippen MR) is 82.2 cm³/mol. The maximum Gasteiger partial charge on any atom is 0.272 e. The first-order chi connectivity index (χ1) is 9.69. The van der Waals surface area contributed by atoms with Crippen LogP contribution in [0, 0.1) is 0 Å². The van der Waals surface area contributed by atoms with Crippen LogP contribution in [0.5, 0.6) is 0 Å². The SMILES string of the molecule is CS[C@@H]1CCC[C@@H]1N(C)Cc1cc(=O)n2[nH]ccc2n1. The molecule has 1 fully saturated rings. The van der Waals surface area contributed by atoms with Gasteiger partial charge < -0.3 is 0 Å². The third-order valence-corrected chi connectivity index (χ3v) is 5.29. The number of nitrogens with zero attached hydrogens (tertiary/aromatic N) is 3. The van der Waals surface area contributed by atoms with Crippen LogP contribution in [0.2, 0.25) is 0 Å². The zero-order chi connectivity index (χ0) is 14.1. The van der Waals surface area contributed by atoms with Gasteiger partial charge in [0.25, 0.3) is 5.56 Å². The monoisotopic (exact) mass is 292 g/mol. The Morgan fingerprint density at radius 2 is 2.40 bits per heavy atom. The number of fused-ring (bicyclic) bond motifs is 1. The summed E-state index contributed by atoms with van der Waals surface area (Å²) in [6, 6.07) is 4.05. The van der Waals surface area contributed by atoms with Gasteiger partial charge in [0.05, 0.1) is 5.69 Å². The van der Waals surface area contributed by atoms with Crippen molar-refractivity contribution < 1.29 is 0 Å². The van der Waals surface area contributed by atoms with Crippen LogP contribution in [0.1, 0.15) is 25.0 Å². The highest BCUT2D eigenvalue weighted by Gasteiger charge is 2.29. The number of hydrogen-bond acceptors (Lipinski definition) is 4. The third kappa shape index (κ3) is 2.50. The Labute approximate surface area is 122 Å². The van der Waals surface area contributed by atoms with E-state index in [4.69, 9.17) is 0 Å². The van der Waals surface area contributed by atoms with E-state index in [0.717, 1.165) is 12.2 Å². The number of aromatic amines is 1. The van der Waals surface area contributed by atoms with E-state index in [1.165, 1.54) is 23.8 Å². The summed E-state index contributed by atoms with van der Waals surface area (Å²) in [5.41, 5.74) is 1.49. The molecule has 20 heavy (non-hydrogen) atoms. The molecule has 0 amide bonds. The standard InChI is InChI=1S/C14H20N4OS/c1-17(11-4-3-5-12(11)20-2)9-10-8-14(19)18-13(16-10)6-7-15-18/h6-8,11-12,15H,3-5,9H2,1-2H3/t11-,12+/m0/s1. The van der Waals surface area contributed by atoms with E-state index in [0.29, 0.717) is 16.9 Å². The Morgan fingerprint density at radius 1 is 1.55 bits per heavy atom. The van der Waals surface area contributed by atoms with Gasteiger partial charge in [0.2, 0.25) is 0 Å². The lowest BCUT2D eigenvalue weighted by Crippen LogP contribution is -2.36. The first kappa shape index (κ1) is 13.7. The van der Waals surface area contributed by atoms with Gasteiger partial charge in [-0.1, -0.05) is 6.42 Å². The molecule has 0 bridgehead atoms. The number of nitrogens with one attached hydrogen (secondary N) is 1. The highest BCUT2D eigenvalue weighted by atomic mass is 32.2. The Morgan fingerprint density at radius 3 is 3.20 bits per heavy atom. The van der Waals surface area contributed by atoms with Crippen molar-refractivity contribution in [3.8, 4) is 0 Å². The second-order valence-corrected chi connectivity index (χ2v) is 6.51. The molecule has 0 spiro atoms. The number of thioether (sulfide) groups is 1. The third-order valence-electron chi connectivity index (χ3n) is 4.13. The van der Waals surface area contributed by atoms with Gasteiger partial charge in [0.15, 0.2) is 5.65 Å². The number of rotatable bonds is 4. The van der Waals surface area contributed by atoms with Gasteiger partial charge in [-0.25, -0.2) is 9.50 Å². The molecular formula is C14H20N4OS. The topological polar surface area (TPSA) is 53.4 Å². The molecular weight excluding hydrogens is 272 g/mol. The molecule has 2 atom stereocenters. The minimum atomic E-state index is -0.0451. The van der Waals surface area contributed by atoms with Crippen LogP contribution in [-0.4, -0.2) is 44.1 Å². The van der Waals surface area contributed by atoms with Crippen molar-refractivity contribution in [2.75, 3.05) is 13.3 Å². The lowest BCUT2D eigenvalue weighted by Gasteiger charge is -2.28. The van der Waals surface area contributed by atoms with Gasteiger partial charge in [-0.2, -0.15) is 11.8 Å². The van der Waals surface area contributed by atoms with Gasteiger partial charge in [-0.05, 0) is 26.1 Å². The molecule has 1 N–H and O–H groups in total. The molecule has 0 unspecified atom stereocenters. The van der Waals surface area contributed by atoms with E-state index in [9.17, 15) is 4.79 Å². The van der Waals surface area contributed by atoms with Crippen LogP contribution in [0.3, 0.4) is 0 Å². The molecule has 6 heteroatoms. The summed E-state index contributed by atoms with van der Waals surface area (Å²) in [4.78, 5) is 18.8. The van der Waals surface area contributed by atoms with Crippen molar-refractivity contribution >= 4 is 17.4 Å². The van der Waals surface area contributed by atoms with Crippen molar-refractivity contribution in [2.24, 2.45) is 0 Å². The van der Waals surface area contributed by atoms with E-state index >= 15 is 0 Å². The van der Waals surface area contributed by atoms with Gasteiger partial charge in [0, 0.05) is 36.2 Å². The van der Waals surface area contributed by atoms with Crippen LogP contribution in [0.4, 0.5) is 0 Å². The Kier molecular flexibility index (Phi) is 3.85. The molecule has 2 aromatic rings. The fourth-order valence-corrected chi connectivity index (χ4v) is 4.18. The van der Waals surface area contributed by atoms with Gasteiger partial charge >= 0.3 is 0 Å². The van der Waals surface area contributed by atoms with Gasteiger partial charge in [-0.3, -0.25) is 14.8 Å². The molecule has 2 aromatic heterocycles. The summed E-state index contributed by atoms with van der Waals surface area (Å²) in [5, 5.41) is 3.57. The van der Waals surface area contributed by atoms with Crippen LogP contribution < -0.4 is 5.56 Å². The van der Waals surface area contributed by atoms with Gasteiger partial charge in [0.1, 0.15) is 0 Å². The molecule has 0 radical (unpaired) electrons. The normalized spacial score (nSPS) is 22.9. The second kappa shape index (κ2) is 5.61. The second-order valence-electron chi connectivity index (χ2n) is 5.43. The largest absolute Gasteiger partial charge is 0.297 e. The van der Waals surface area contributed by atoms with E-state index in [-0.39, 0.29) is 5.56 Å². The molecule has 1 saturated carbocycles. The summed E-state index contributed by atoms with van der Waals surface area (Å²) < 4.78 is 1.46. The molecule has 0 saturated heterocycles. The highest BCUT2D eigenvalue weighted by Crippen LogP contribution is 2.31. The smallest absolute Gasteiger partial charge is 0.272 e. The summed E-state index contributed by atoms with van der Waals surface area (Å²) >= 11 is 1.95. The van der Waals surface area contributed by atoms with Crippen LogP contribution in [-0.2, 0) is 6.54 Å². The maximum absolute atomic E-state index is 12.0. The molecule has 0 aromatic carbocycles. The number of aromatic nitrogens is 3. The number of hydrogen-bond donors (Lipinski definition) is 1. The summed E-state index contributed by atoms with van der Waals surface area (Å²) in [6.45, 7) is 0.735. The number of H-pyrrole nitrogens is 1. The predicted octanol–water partition coefficient (Wildman–Crippen LogP) is 1.74. The van der Waals surface area contributed by atoms with Crippen LogP contribution >= 0.6 is 11.8 Å². The molecule has 108 valence electrons. The highest BCUT2D eigenvalue weighted by molar-refractivity contribution is 7.99. The fourth-order valence-electron chi connectivity index (χ4n) is 3.12. The van der Waals surface area contributed by atoms with Crippen molar-refractivity contribution in [2.45, 2.75) is 37.1 Å². The van der Waals surface area contributed by atoms with Crippen molar-refractivity contribution in [1.29, 1.82) is 0 Å². The first-order valence-electron chi connectivity index (χ1n) is 6.98. The molecule has 0 aliphatic heterocycles. The van der Waals surface area contributed by atoms with Crippen LogP contribution in [0.25, 0.3) is 5.65 Å². The van der Waals surface area contributed by atoms with Crippen LogP contribution in [0.15, 0.2) is 23.1 Å². The first-order valence-corrected chi connectivity index (χ1v) is 8.27. The maximum atomic E-state index is 12.0. The summed E-state index contributed by atoms with van der Waals surface area (Å²) in [7, 11) is 2.14. The lowest BCUT2D eigenvalue weighted by molar-refractivity contribution is 0.239. The summed E-state index contributed by atoms with van der Waals surface area (Å²) in [5.74, 6) is 0. The van der Waals surface area contributed by atoms with Gasteiger partial charge in [-0.15, -0.1) is 0 Å². The Bertz CT molecular complexity index is 650. The van der Waals surface area contributed by atoms with E-state index in [1.807, 2.05) is 17.8 Å². The lowest BCUT2D eigenvalue weighted by atomic mass is 10.2. The molecule has 1 aliphatic rings. The fraction of sp³-hybridized carbons (Fsp3) is 0.571. The molecule has 1 aliphatic carbocycles. The van der Waals surface area contributed by atoms with E-state index < -0.39 is 0 Å². The Balaban J connectivity index is 1.80. The average Bonchev–Trinajstić information content (AvgIpc) is 3.06. The minimum Gasteiger partial charge on any atom is -0.297 e. The molecule has 5 nitrogen and oxygen atoms in total. The quantitative estimate of drug-likeness (QED) is 0.932.